The number of carbonyl (C=O) groups excluding carboxylic acids is 1. The van der Waals surface area contributed by atoms with Gasteiger partial charge in [0.25, 0.3) is 0 Å². The lowest BCUT2D eigenvalue weighted by Gasteiger charge is -2.05. The molecule has 0 atom stereocenters. The van der Waals surface area contributed by atoms with Crippen LogP contribution in [0, 0.1) is 6.92 Å². The number of amides is 1. The average Bonchev–Trinajstić information content (AvgIpc) is 2.17. The summed E-state index contributed by atoms with van der Waals surface area (Å²) in [5.74, 6) is 0.0447. The van der Waals surface area contributed by atoms with Crippen molar-refractivity contribution in [3.63, 3.8) is 0 Å². The van der Waals surface area contributed by atoms with Gasteiger partial charge < -0.3 is 10.6 Å². The lowest BCUT2D eigenvalue weighted by molar-refractivity contribution is -0.120. The monoisotopic (exact) mass is 193 g/mol. The van der Waals surface area contributed by atoms with E-state index in [0.717, 1.165) is 11.4 Å². The SMILES string of the molecule is CNC(=O)CCNc1ccnc(C)c1. The summed E-state index contributed by atoms with van der Waals surface area (Å²) < 4.78 is 0. The summed E-state index contributed by atoms with van der Waals surface area (Å²) in [5.41, 5.74) is 1.97. The maximum absolute atomic E-state index is 10.9. The van der Waals surface area contributed by atoms with E-state index in [2.05, 4.69) is 15.6 Å². The molecule has 1 heterocycles. The molecule has 14 heavy (non-hydrogen) atoms. The summed E-state index contributed by atoms with van der Waals surface area (Å²) in [4.78, 5) is 15.0. The van der Waals surface area contributed by atoms with Crippen molar-refractivity contribution in [3.8, 4) is 0 Å². The first-order valence-electron chi connectivity index (χ1n) is 4.59. The van der Waals surface area contributed by atoms with Gasteiger partial charge in [-0.25, -0.2) is 0 Å². The highest BCUT2D eigenvalue weighted by Gasteiger charge is 1.97. The van der Waals surface area contributed by atoms with Crippen LogP contribution < -0.4 is 10.6 Å². The van der Waals surface area contributed by atoms with Crippen LogP contribution in [0.2, 0.25) is 0 Å². The van der Waals surface area contributed by atoms with Gasteiger partial charge in [-0.05, 0) is 19.1 Å². The number of carbonyl (C=O) groups is 1. The van der Waals surface area contributed by atoms with Crippen molar-refractivity contribution in [1.29, 1.82) is 0 Å². The van der Waals surface area contributed by atoms with Crippen molar-refractivity contribution < 1.29 is 4.79 Å². The van der Waals surface area contributed by atoms with Crippen LogP contribution in [0.5, 0.6) is 0 Å². The van der Waals surface area contributed by atoms with E-state index in [1.54, 1.807) is 13.2 Å². The highest BCUT2D eigenvalue weighted by molar-refractivity contribution is 5.76. The summed E-state index contributed by atoms with van der Waals surface area (Å²) in [5, 5.41) is 5.72. The van der Waals surface area contributed by atoms with Crippen LogP contribution in [0.1, 0.15) is 12.1 Å². The lowest BCUT2D eigenvalue weighted by atomic mass is 10.3. The first kappa shape index (κ1) is 10.5. The van der Waals surface area contributed by atoms with Gasteiger partial charge in [0.1, 0.15) is 0 Å². The molecule has 0 saturated carbocycles. The molecular weight excluding hydrogens is 178 g/mol. The Labute approximate surface area is 83.7 Å². The number of anilines is 1. The molecule has 0 saturated heterocycles. The van der Waals surface area contributed by atoms with Crippen LogP contribution in [0.4, 0.5) is 5.69 Å². The van der Waals surface area contributed by atoms with Crippen LogP contribution in [0.15, 0.2) is 18.3 Å². The Morgan fingerprint density at radius 3 is 3.00 bits per heavy atom. The zero-order valence-electron chi connectivity index (χ0n) is 8.50. The van der Waals surface area contributed by atoms with Gasteiger partial charge in [-0.3, -0.25) is 9.78 Å². The molecule has 0 aromatic carbocycles. The minimum absolute atomic E-state index is 0.0447. The molecule has 0 unspecified atom stereocenters. The van der Waals surface area contributed by atoms with Gasteiger partial charge in [-0.15, -0.1) is 0 Å². The van der Waals surface area contributed by atoms with E-state index in [1.807, 2.05) is 19.1 Å². The van der Waals surface area contributed by atoms with Gasteiger partial charge >= 0.3 is 0 Å². The van der Waals surface area contributed by atoms with Gasteiger partial charge in [0.05, 0.1) is 0 Å². The van der Waals surface area contributed by atoms with E-state index in [4.69, 9.17) is 0 Å². The largest absolute Gasteiger partial charge is 0.384 e. The number of nitrogens with one attached hydrogen (secondary N) is 2. The molecule has 0 aliphatic rings. The van der Waals surface area contributed by atoms with Crippen molar-refractivity contribution >= 4 is 11.6 Å². The summed E-state index contributed by atoms with van der Waals surface area (Å²) in [6.45, 7) is 2.58. The maximum Gasteiger partial charge on any atom is 0.221 e. The average molecular weight is 193 g/mol. The Morgan fingerprint density at radius 1 is 1.57 bits per heavy atom. The second-order valence-electron chi connectivity index (χ2n) is 3.04. The lowest BCUT2D eigenvalue weighted by Crippen LogP contribution is -2.20. The van der Waals surface area contributed by atoms with Crippen LogP contribution in [0.25, 0.3) is 0 Å². The summed E-state index contributed by atoms with van der Waals surface area (Å²) in [6.07, 6.45) is 2.23. The van der Waals surface area contributed by atoms with E-state index in [0.29, 0.717) is 13.0 Å². The predicted molar refractivity (Wildman–Crippen MR) is 56.1 cm³/mol. The van der Waals surface area contributed by atoms with Crippen molar-refractivity contribution in [2.45, 2.75) is 13.3 Å². The van der Waals surface area contributed by atoms with Crippen LogP contribution in [-0.4, -0.2) is 24.5 Å². The van der Waals surface area contributed by atoms with Crippen molar-refractivity contribution in [1.82, 2.24) is 10.3 Å². The fourth-order valence-corrected chi connectivity index (χ4v) is 1.10. The van der Waals surface area contributed by atoms with Crippen LogP contribution >= 0.6 is 0 Å². The molecule has 1 aromatic rings. The Kier molecular flexibility index (Phi) is 3.91. The number of nitrogens with zero attached hydrogens (tertiary/aromatic N) is 1. The van der Waals surface area contributed by atoms with Gasteiger partial charge in [0, 0.05) is 37.6 Å². The van der Waals surface area contributed by atoms with Crippen LogP contribution in [0.3, 0.4) is 0 Å². The minimum atomic E-state index is 0.0447. The highest BCUT2D eigenvalue weighted by atomic mass is 16.1. The molecule has 1 rings (SSSR count). The number of rotatable bonds is 4. The van der Waals surface area contributed by atoms with Crippen molar-refractivity contribution in [2.75, 3.05) is 18.9 Å². The Morgan fingerprint density at radius 2 is 2.36 bits per heavy atom. The molecular formula is C10H15N3O. The van der Waals surface area contributed by atoms with Crippen LogP contribution in [-0.2, 0) is 4.79 Å². The zero-order chi connectivity index (χ0) is 10.4. The molecule has 1 aromatic heterocycles. The minimum Gasteiger partial charge on any atom is -0.384 e. The molecule has 4 heteroatoms. The smallest absolute Gasteiger partial charge is 0.221 e. The van der Waals surface area contributed by atoms with Gasteiger partial charge in [0.15, 0.2) is 0 Å². The Bertz CT molecular complexity index is 312. The van der Waals surface area contributed by atoms with Gasteiger partial charge in [0.2, 0.25) is 5.91 Å². The summed E-state index contributed by atoms with van der Waals surface area (Å²) in [6, 6.07) is 3.83. The van der Waals surface area contributed by atoms with Gasteiger partial charge in [-0.2, -0.15) is 0 Å². The third kappa shape index (κ3) is 3.43. The maximum atomic E-state index is 10.9. The molecule has 0 aliphatic carbocycles. The molecule has 0 fully saturated rings. The van der Waals surface area contributed by atoms with Gasteiger partial charge in [-0.1, -0.05) is 0 Å². The number of aromatic nitrogens is 1. The topological polar surface area (TPSA) is 54.0 Å². The molecule has 0 radical (unpaired) electrons. The quantitative estimate of drug-likeness (QED) is 0.748. The molecule has 0 spiro atoms. The van der Waals surface area contributed by atoms with Crippen molar-refractivity contribution in [2.24, 2.45) is 0 Å². The first-order chi connectivity index (χ1) is 6.72. The molecule has 2 N–H and O–H groups in total. The summed E-state index contributed by atoms with van der Waals surface area (Å²) >= 11 is 0. The molecule has 0 aliphatic heterocycles. The van der Waals surface area contributed by atoms with E-state index in [1.165, 1.54) is 0 Å². The number of hydrogen-bond donors (Lipinski definition) is 2. The number of hydrogen-bond acceptors (Lipinski definition) is 3. The fourth-order valence-electron chi connectivity index (χ4n) is 1.10. The summed E-state index contributed by atoms with van der Waals surface area (Å²) in [7, 11) is 1.64. The van der Waals surface area contributed by atoms with E-state index >= 15 is 0 Å². The molecule has 1 amide bonds. The standard InChI is InChI=1S/C10H15N3O/c1-8-7-9(3-5-12-8)13-6-4-10(14)11-2/h3,5,7H,4,6H2,1-2H3,(H,11,14)(H,12,13). The third-order valence-corrected chi connectivity index (χ3v) is 1.86. The predicted octanol–water partition coefficient (Wildman–Crippen LogP) is 0.938. The molecule has 4 nitrogen and oxygen atoms in total. The Balaban J connectivity index is 2.35. The second-order valence-corrected chi connectivity index (χ2v) is 3.04. The van der Waals surface area contributed by atoms with E-state index in [-0.39, 0.29) is 5.91 Å². The third-order valence-electron chi connectivity index (χ3n) is 1.86. The second kappa shape index (κ2) is 5.21. The number of aryl methyl sites for hydroxylation is 1. The molecule has 0 bridgehead atoms. The fraction of sp³-hybridized carbons (Fsp3) is 0.400. The van der Waals surface area contributed by atoms with E-state index < -0.39 is 0 Å². The van der Waals surface area contributed by atoms with Crippen molar-refractivity contribution in [3.05, 3.63) is 24.0 Å². The number of pyridine rings is 1. The normalized spacial score (nSPS) is 9.57. The first-order valence-corrected chi connectivity index (χ1v) is 4.59. The highest BCUT2D eigenvalue weighted by Crippen LogP contribution is 2.06. The Hall–Kier alpha value is -1.58. The zero-order valence-corrected chi connectivity index (χ0v) is 8.50. The molecule has 76 valence electrons. The van der Waals surface area contributed by atoms with E-state index in [9.17, 15) is 4.79 Å².